The van der Waals surface area contributed by atoms with Gasteiger partial charge < -0.3 is 10.1 Å². The smallest absolute Gasteiger partial charge is 0.317 e. The highest BCUT2D eigenvalue weighted by atomic mass is 32.2. The average Bonchev–Trinajstić information content (AvgIpc) is 3.06. The van der Waals surface area contributed by atoms with E-state index in [1.54, 1.807) is 0 Å². The van der Waals surface area contributed by atoms with E-state index < -0.39 is 29.6 Å². The first-order valence-electron chi connectivity index (χ1n) is 7.03. The van der Waals surface area contributed by atoms with Gasteiger partial charge in [0.25, 0.3) is 5.91 Å². The van der Waals surface area contributed by atoms with E-state index >= 15 is 0 Å². The van der Waals surface area contributed by atoms with Crippen LogP contribution in [0.1, 0.15) is 11.8 Å². The number of rotatable bonds is 7. The van der Waals surface area contributed by atoms with Crippen molar-refractivity contribution in [3.05, 3.63) is 52.2 Å². The van der Waals surface area contributed by atoms with Gasteiger partial charge >= 0.3 is 5.97 Å². The Morgan fingerprint density at radius 1 is 1.33 bits per heavy atom. The minimum Gasteiger partial charge on any atom is -0.452 e. The molecule has 1 atom stereocenters. The predicted octanol–water partition coefficient (Wildman–Crippen LogP) is 3.37. The van der Waals surface area contributed by atoms with E-state index in [0.29, 0.717) is 6.54 Å². The molecule has 1 amide bonds. The second-order valence-electron chi connectivity index (χ2n) is 4.79. The fraction of sp³-hybridized carbons (Fsp3) is 0.250. The highest BCUT2D eigenvalue weighted by Gasteiger charge is 2.18. The molecule has 1 N–H and O–H groups in total. The fourth-order valence-electron chi connectivity index (χ4n) is 1.74. The Bertz CT molecular complexity index is 707. The van der Waals surface area contributed by atoms with Gasteiger partial charge in [-0.25, -0.2) is 8.78 Å². The molecule has 8 heteroatoms. The summed E-state index contributed by atoms with van der Waals surface area (Å²) in [5.74, 6) is -2.52. The van der Waals surface area contributed by atoms with Crippen LogP contribution in [0.4, 0.5) is 8.78 Å². The van der Waals surface area contributed by atoms with Crippen LogP contribution in [0, 0.1) is 11.6 Å². The van der Waals surface area contributed by atoms with Crippen molar-refractivity contribution in [2.45, 2.75) is 24.5 Å². The predicted molar refractivity (Wildman–Crippen MR) is 88.8 cm³/mol. The maximum atomic E-state index is 13.4. The third-order valence-electron chi connectivity index (χ3n) is 2.93. The molecule has 0 aliphatic heterocycles. The van der Waals surface area contributed by atoms with Crippen LogP contribution in [0.5, 0.6) is 0 Å². The van der Waals surface area contributed by atoms with E-state index in [9.17, 15) is 18.4 Å². The summed E-state index contributed by atoms with van der Waals surface area (Å²) in [6.07, 6.45) is -0.963. The molecule has 0 fully saturated rings. The summed E-state index contributed by atoms with van der Waals surface area (Å²) in [6, 6.07) is 6.75. The number of nitrogens with one attached hydrogen (secondary N) is 1. The zero-order chi connectivity index (χ0) is 17.5. The molecule has 0 radical (unpaired) electrons. The van der Waals surface area contributed by atoms with Gasteiger partial charge in [-0.05, 0) is 36.6 Å². The van der Waals surface area contributed by atoms with Crippen LogP contribution in [0.15, 0.2) is 40.6 Å². The van der Waals surface area contributed by atoms with E-state index in [4.69, 9.17) is 4.74 Å². The molecule has 0 saturated carbocycles. The second kappa shape index (κ2) is 8.79. The van der Waals surface area contributed by atoms with Gasteiger partial charge in [-0.2, -0.15) is 0 Å². The Hall–Kier alpha value is -1.93. The van der Waals surface area contributed by atoms with Crippen molar-refractivity contribution in [2.75, 3.05) is 5.75 Å². The molecule has 2 aromatic rings. The highest BCUT2D eigenvalue weighted by Crippen LogP contribution is 2.22. The van der Waals surface area contributed by atoms with E-state index in [2.05, 4.69) is 5.32 Å². The lowest BCUT2D eigenvalue weighted by Gasteiger charge is -2.13. The van der Waals surface area contributed by atoms with E-state index in [-0.39, 0.29) is 10.6 Å². The summed E-state index contributed by atoms with van der Waals surface area (Å²) in [4.78, 5) is 24.6. The minimum absolute atomic E-state index is 0.0155. The number of benzene rings is 1. The van der Waals surface area contributed by atoms with Crippen LogP contribution >= 0.6 is 23.1 Å². The molecule has 0 aliphatic rings. The first-order valence-corrected chi connectivity index (χ1v) is 8.89. The molecule has 1 heterocycles. The normalized spacial score (nSPS) is 11.8. The molecule has 128 valence electrons. The van der Waals surface area contributed by atoms with E-state index in [1.165, 1.54) is 18.3 Å². The molecule has 0 aliphatic carbocycles. The van der Waals surface area contributed by atoms with E-state index in [1.807, 2.05) is 17.5 Å². The first-order chi connectivity index (χ1) is 11.5. The zero-order valence-electron chi connectivity index (χ0n) is 12.8. The number of thioether (sulfide) groups is 1. The molecule has 0 spiro atoms. The average molecular weight is 371 g/mol. The Morgan fingerprint density at radius 2 is 2.12 bits per heavy atom. The molecule has 2 rings (SSSR count). The van der Waals surface area contributed by atoms with Crippen molar-refractivity contribution < 1.29 is 23.1 Å². The molecular weight excluding hydrogens is 356 g/mol. The summed E-state index contributed by atoms with van der Waals surface area (Å²) in [6.45, 7) is 1.82. The van der Waals surface area contributed by atoms with Gasteiger partial charge in [0.15, 0.2) is 6.10 Å². The van der Waals surface area contributed by atoms with Gasteiger partial charge in [-0.15, -0.1) is 23.1 Å². The zero-order valence-corrected chi connectivity index (χ0v) is 14.4. The van der Waals surface area contributed by atoms with Crippen LogP contribution < -0.4 is 5.32 Å². The molecule has 1 aromatic heterocycles. The molecule has 1 aromatic carbocycles. The number of ether oxygens (including phenoxy) is 1. The molecule has 4 nitrogen and oxygen atoms in total. The number of esters is 1. The Morgan fingerprint density at radius 3 is 2.83 bits per heavy atom. The quantitative estimate of drug-likeness (QED) is 0.599. The highest BCUT2D eigenvalue weighted by molar-refractivity contribution is 8.00. The maximum Gasteiger partial charge on any atom is 0.317 e. The Labute approximate surface area is 146 Å². The number of hydrogen-bond donors (Lipinski definition) is 1. The van der Waals surface area contributed by atoms with Crippen molar-refractivity contribution in [1.29, 1.82) is 0 Å². The van der Waals surface area contributed by atoms with Crippen molar-refractivity contribution >= 4 is 35.0 Å². The molecule has 0 saturated heterocycles. The molecular formula is C16H15F2NO3S2. The minimum atomic E-state index is -0.963. The van der Waals surface area contributed by atoms with Crippen LogP contribution in [-0.2, 0) is 20.9 Å². The number of halogens is 2. The van der Waals surface area contributed by atoms with Gasteiger partial charge in [0.05, 0.1) is 12.3 Å². The largest absolute Gasteiger partial charge is 0.452 e. The number of amides is 1. The van der Waals surface area contributed by atoms with Crippen molar-refractivity contribution in [1.82, 2.24) is 5.32 Å². The van der Waals surface area contributed by atoms with Crippen LogP contribution in [0.25, 0.3) is 0 Å². The summed E-state index contributed by atoms with van der Waals surface area (Å²) in [5.41, 5.74) is 0. The molecule has 24 heavy (non-hydrogen) atoms. The van der Waals surface area contributed by atoms with Gasteiger partial charge in [0.1, 0.15) is 11.6 Å². The Balaban J connectivity index is 1.76. The third-order valence-corrected chi connectivity index (χ3v) is 4.81. The topological polar surface area (TPSA) is 55.4 Å². The van der Waals surface area contributed by atoms with Gasteiger partial charge in [-0.3, -0.25) is 9.59 Å². The SMILES string of the molecule is C[C@@H](OC(=O)CSc1cc(F)ccc1F)C(=O)NCc1cccs1. The van der Waals surface area contributed by atoms with Crippen molar-refractivity contribution in [2.24, 2.45) is 0 Å². The van der Waals surface area contributed by atoms with Crippen molar-refractivity contribution in [3.8, 4) is 0 Å². The lowest BCUT2D eigenvalue weighted by molar-refractivity contribution is -0.152. The summed E-state index contributed by atoms with van der Waals surface area (Å²) >= 11 is 2.32. The van der Waals surface area contributed by atoms with Gasteiger partial charge in [0.2, 0.25) is 0 Å². The molecule has 0 unspecified atom stereocenters. The number of carbonyl (C=O) groups is 2. The van der Waals surface area contributed by atoms with Crippen LogP contribution in [0.2, 0.25) is 0 Å². The summed E-state index contributed by atoms with van der Waals surface area (Å²) < 4.78 is 31.5. The van der Waals surface area contributed by atoms with Crippen LogP contribution in [0.3, 0.4) is 0 Å². The monoisotopic (exact) mass is 371 g/mol. The number of hydrogen-bond acceptors (Lipinski definition) is 5. The van der Waals surface area contributed by atoms with Crippen molar-refractivity contribution in [3.63, 3.8) is 0 Å². The first kappa shape index (κ1) is 18.4. The lowest BCUT2D eigenvalue weighted by atomic mass is 10.3. The Kier molecular flexibility index (Phi) is 6.74. The molecule has 0 bridgehead atoms. The number of thiophene rings is 1. The fourth-order valence-corrected chi connectivity index (χ4v) is 3.13. The van der Waals surface area contributed by atoms with Gasteiger partial charge in [-0.1, -0.05) is 6.07 Å². The van der Waals surface area contributed by atoms with Gasteiger partial charge in [0, 0.05) is 9.77 Å². The van der Waals surface area contributed by atoms with Crippen LogP contribution in [-0.4, -0.2) is 23.7 Å². The summed E-state index contributed by atoms with van der Waals surface area (Å²) in [5, 5.41) is 4.55. The second-order valence-corrected chi connectivity index (χ2v) is 6.84. The standard InChI is InChI=1S/C16H15F2NO3S2/c1-10(16(21)19-8-12-3-2-6-23-12)22-15(20)9-24-14-7-11(17)4-5-13(14)18/h2-7,10H,8-9H2,1H3,(H,19,21)/t10-/m1/s1. The van der Waals surface area contributed by atoms with E-state index in [0.717, 1.165) is 34.8 Å². The third kappa shape index (κ3) is 5.61. The maximum absolute atomic E-state index is 13.4. The summed E-state index contributed by atoms with van der Waals surface area (Å²) in [7, 11) is 0. The lowest BCUT2D eigenvalue weighted by Crippen LogP contribution is -2.35. The number of carbonyl (C=O) groups excluding carboxylic acids is 2.